The van der Waals surface area contributed by atoms with Gasteiger partial charge in [0.25, 0.3) is 5.91 Å². The lowest BCUT2D eigenvalue weighted by molar-refractivity contribution is 0.0966. The zero-order valence-corrected chi connectivity index (χ0v) is 12.5. The van der Waals surface area contributed by atoms with Crippen LogP contribution in [-0.4, -0.2) is 22.4 Å². The summed E-state index contributed by atoms with van der Waals surface area (Å²) >= 11 is 0. The van der Waals surface area contributed by atoms with Crippen LogP contribution in [-0.2, 0) is 13.0 Å². The first-order valence-electron chi connectivity index (χ1n) is 7.39. The van der Waals surface area contributed by atoms with Crippen molar-refractivity contribution in [3.63, 3.8) is 0 Å². The van der Waals surface area contributed by atoms with Crippen LogP contribution in [0.2, 0.25) is 0 Å². The van der Waals surface area contributed by atoms with Gasteiger partial charge in [-0.2, -0.15) is 0 Å². The smallest absolute Gasteiger partial charge is 0.257 e. The highest BCUT2D eigenvalue weighted by Crippen LogP contribution is 2.26. The number of carbonyl (C=O) groups excluding carboxylic acids is 1. The second kappa shape index (κ2) is 6.11. The molecule has 6 nitrogen and oxygen atoms in total. The van der Waals surface area contributed by atoms with E-state index in [4.69, 9.17) is 5.73 Å². The van der Waals surface area contributed by atoms with Gasteiger partial charge in [0.05, 0.1) is 12.2 Å². The monoisotopic (exact) mass is 297 g/mol. The van der Waals surface area contributed by atoms with Gasteiger partial charge in [-0.15, -0.1) is 0 Å². The molecule has 0 saturated heterocycles. The minimum absolute atomic E-state index is 0.128. The van der Waals surface area contributed by atoms with Crippen LogP contribution in [0.1, 0.15) is 33.9 Å². The molecular formula is C16H19N5O. The van der Waals surface area contributed by atoms with Gasteiger partial charge in [-0.05, 0) is 31.5 Å². The highest BCUT2D eigenvalue weighted by Gasteiger charge is 2.26. The van der Waals surface area contributed by atoms with Crippen molar-refractivity contribution in [2.45, 2.75) is 26.3 Å². The van der Waals surface area contributed by atoms with Crippen molar-refractivity contribution in [1.82, 2.24) is 15.3 Å². The van der Waals surface area contributed by atoms with Gasteiger partial charge < -0.3 is 16.4 Å². The van der Waals surface area contributed by atoms with Gasteiger partial charge in [0.2, 0.25) is 0 Å². The minimum Gasteiger partial charge on any atom is -0.346 e. The molecule has 0 spiro atoms. The van der Waals surface area contributed by atoms with Crippen LogP contribution in [0.25, 0.3) is 0 Å². The first-order chi connectivity index (χ1) is 10.7. The summed E-state index contributed by atoms with van der Waals surface area (Å²) in [5.41, 5.74) is 8.88. The number of aromatic nitrogens is 2. The highest BCUT2D eigenvalue weighted by atomic mass is 16.2. The Morgan fingerprint density at radius 2 is 2.14 bits per heavy atom. The molecule has 0 bridgehead atoms. The SMILES string of the molecule is Cc1ccccc1Nc1nc(CCCN)nc2c1C(=O)NC2. The van der Waals surface area contributed by atoms with Crippen molar-refractivity contribution < 1.29 is 4.79 Å². The molecule has 1 aromatic carbocycles. The average Bonchev–Trinajstić information content (AvgIpc) is 2.89. The Bertz CT molecular complexity index is 714. The van der Waals surface area contributed by atoms with E-state index in [0.29, 0.717) is 30.9 Å². The Labute approximate surface area is 129 Å². The molecule has 0 saturated carbocycles. The first-order valence-corrected chi connectivity index (χ1v) is 7.39. The maximum absolute atomic E-state index is 12.0. The molecule has 114 valence electrons. The van der Waals surface area contributed by atoms with E-state index in [1.165, 1.54) is 0 Å². The van der Waals surface area contributed by atoms with Gasteiger partial charge in [0.15, 0.2) is 0 Å². The summed E-state index contributed by atoms with van der Waals surface area (Å²) in [6.45, 7) is 3.06. The molecule has 1 aliphatic rings. The average molecular weight is 297 g/mol. The zero-order chi connectivity index (χ0) is 15.5. The van der Waals surface area contributed by atoms with Crippen LogP contribution >= 0.6 is 0 Å². The van der Waals surface area contributed by atoms with Gasteiger partial charge in [0.1, 0.15) is 17.2 Å². The van der Waals surface area contributed by atoms with Crippen molar-refractivity contribution >= 4 is 17.4 Å². The summed E-state index contributed by atoms with van der Waals surface area (Å²) < 4.78 is 0. The van der Waals surface area contributed by atoms with E-state index in [9.17, 15) is 4.79 Å². The van der Waals surface area contributed by atoms with Crippen molar-refractivity contribution in [2.75, 3.05) is 11.9 Å². The molecule has 2 aromatic rings. The lowest BCUT2D eigenvalue weighted by Gasteiger charge is -2.12. The molecule has 2 heterocycles. The Balaban J connectivity index is 1.99. The van der Waals surface area contributed by atoms with Gasteiger partial charge in [0, 0.05) is 12.1 Å². The summed E-state index contributed by atoms with van der Waals surface area (Å²) in [7, 11) is 0. The molecule has 3 rings (SSSR count). The van der Waals surface area contributed by atoms with Crippen LogP contribution in [0.15, 0.2) is 24.3 Å². The number of nitrogens with one attached hydrogen (secondary N) is 2. The fraction of sp³-hybridized carbons (Fsp3) is 0.312. The van der Waals surface area contributed by atoms with Crippen molar-refractivity contribution in [3.05, 3.63) is 46.9 Å². The second-order valence-corrected chi connectivity index (χ2v) is 5.32. The zero-order valence-electron chi connectivity index (χ0n) is 12.5. The van der Waals surface area contributed by atoms with E-state index in [0.717, 1.165) is 29.2 Å². The Hall–Kier alpha value is -2.47. The van der Waals surface area contributed by atoms with Crippen LogP contribution in [0.5, 0.6) is 0 Å². The summed E-state index contributed by atoms with van der Waals surface area (Å²) in [5, 5.41) is 6.08. The molecule has 4 N–H and O–H groups in total. The van der Waals surface area contributed by atoms with E-state index in [2.05, 4.69) is 20.6 Å². The lowest BCUT2D eigenvalue weighted by atomic mass is 10.1. The lowest BCUT2D eigenvalue weighted by Crippen LogP contribution is -2.14. The number of amides is 1. The third-order valence-corrected chi connectivity index (χ3v) is 3.68. The predicted molar refractivity (Wildman–Crippen MR) is 85.0 cm³/mol. The van der Waals surface area contributed by atoms with Crippen molar-refractivity contribution in [1.29, 1.82) is 0 Å². The number of hydrogen-bond acceptors (Lipinski definition) is 5. The maximum atomic E-state index is 12.0. The summed E-state index contributed by atoms with van der Waals surface area (Å²) in [4.78, 5) is 21.0. The minimum atomic E-state index is -0.128. The molecule has 0 fully saturated rings. The Morgan fingerprint density at radius 3 is 2.91 bits per heavy atom. The van der Waals surface area contributed by atoms with Crippen LogP contribution < -0.4 is 16.4 Å². The molecule has 0 unspecified atom stereocenters. The summed E-state index contributed by atoms with van der Waals surface area (Å²) in [6, 6.07) is 7.91. The number of carbonyl (C=O) groups is 1. The molecule has 1 aliphatic heterocycles. The topological polar surface area (TPSA) is 92.9 Å². The molecule has 1 amide bonds. The Morgan fingerprint density at radius 1 is 1.32 bits per heavy atom. The van der Waals surface area contributed by atoms with Gasteiger partial charge in [-0.25, -0.2) is 9.97 Å². The van der Waals surface area contributed by atoms with Crippen LogP contribution in [0, 0.1) is 6.92 Å². The summed E-state index contributed by atoms with van der Waals surface area (Å²) in [6.07, 6.45) is 1.53. The van der Waals surface area contributed by atoms with E-state index >= 15 is 0 Å². The standard InChI is InChI=1S/C16H19N5O/c1-10-5-2-3-6-11(10)20-15-14-12(9-18-16(14)22)19-13(21-15)7-4-8-17/h2-3,5-6H,4,7-9,17H2,1H3,(H,18,22)(H,19,20,21). The maximum Gasteiger partial charge on any atom is 0.257 e. The van der Waals surface area contributed by atoms with Gasteiger partial charge >= 0.3 is 0 Å². The normalized spacial score (nSPS) is 12.9. The van der Waals surface area contributed by atoms with E-state index in [-0.39, 0.29) is 5.91 Å². The van der Waals surface area contributed by atoms with Crippen LogP contribution in [0.4, 0.5) is 11.5 Å². The summed E-state index contributed by atoms with van der Waals surface area (Å²) in [5.74, 6) is 1.16. The molecule has 22 heavy (non-hydrogen) atoms. The predicted octanol–water partition coefficient (Wildman–Crippen LogP) is 1.66. The van der Waals surface area contributed by atoms with Crippen molar-refractivity contribution in [3.8, 4) is 0 Å². The second-order valence-electron chi connectivity index (χ2n) is 5.32. The van der Waals surface area contributed by atoms with E-state index in [1.54, 1.807) is 0 Å². The molecule has 0 aliphatic carbocycles. The third kappa shape index (κ3) is 2.78. The number of nitrogens with zero attached hydrogens (tertiary/aromatic N) is 2. The fourth-order valence-electron chi connectivity index (χ4n) is 2.48. The third-order valence-electron chi connectivity index (χ3n) is 3.68. The van der Waals surface area contributed by atoms with E-state index in [1.807, 2.05) is 31.2 Å². The first kappa shape index (κ1) is 14.5. The number of aryl methyl sites for hydroxylation is 2. The van der Waals surface area contributed by atoms with E-state index < -0.39 is 0 Å². The molecule has 0 atom stereocenters. The number of anilines is 2. The Kier molecular flexibility index (Phi) is 4.02. The quantitative estimate of drug-likeness (QED) is 0.780. The van der Waals surface area contributed by atoms with Gasteiger partial charge in [-0.3, -0.25) is 4.79 Å². The largest absolute Gasteiger partial charge is 0.346 e. The number of fused-ring (bicyclic) bond motifs is 1. The fourth-order valence-corrected chi connectivity index (χ4v) is 2.48. The highest BCUT2D eigenvalue weighted by molar-refractivity contribution is 6.02. The number of para-hydroxylation sites is 1. The van der Waals surface area contributed by atoms with Gasteiger partial charge in [-0.1, -0.05) is 18.2 Å². The number of rotatable bonds is 5. The molecular weight excluding hydrogens is 278 g/mol. The molecule has 6 heteroatoms. The number of nitrogens with two attached hydrogens (primary N) is 1. The molecule has 0 radical (unpaired) electrons. The molecule has 1 aromatic heterocycles. The van der Waals surface area contributed by atoms with Crippen molar-refractivity contribution in [2.24, 2.45) is 5.73 Å². The number of hydrogen-bond donors (Lipinski definition) is 3. The van der Waals surface area contributed by atoms with Crippen LogP contribution in [0.3, 0.4) is 0 Å². The number of benzene rings is 1.